The van der Waals surface area contributed by atoms with Gasteiger partial charge in [-0.25, -0.2) is 8.42 Å². The third-order valence-electron chi connectivity index (χ3n) is 5.60. The molecule has 0 aliphatic carbocycles. The number of ether oxygens (including phenoxy) is 2. The Morgan fingerprint density at radius 1 is 1.03 bits per heavy atom. The van der Waals surface area contributed by atoms with Gasteiger partial charge in [-0.15, -0.1) is 0 Å². The summed E-state index contributed by atoms with van der Waals surface area (Å²) < 4.78 is 39.1. The number of hydrogen-bond donors (Lipinski definition) is 2. The monoisotopic (exact) mass is 458 g/mol. The molecule has 3 aromatic rings. The van der Waals surface area contributed by atoms with E-state index in [0.717, 1.165) is 16.5 Å². The standard InChI is InChI=1S/C23H26N2O6S/c1-15-10-17-12-18(23(27)24-20(17)11-16(15)2)14-25(6-3-7-26)32(28,29)19-4-5-21-22(13-19)31-9-8-30-21/h4-5,10-13,26H,3,6-9,14H2,1-2H3,(H,24,27). The van der Waals surface area contributed by atoms with Crippen LogP contribution in [0.25, 0.3) is 10.9 Å². The SMILES string of the molecule is Cc1cc2cc(CN(CCCO)S(=O)(=O)c3ccc4c(c3)OCCO4)c(=O)[nH]c2cc1C. The van der Waals surface area contributed by atoms with E-state index in [9.17, 15) is 18.3 Å². The van der Waals surface area contributed by atoms with Gasteiger partial charge in [0, 0.05) is 36.8 Å². The van der Waals surface area contributed by atoms with Crippen LogP contribution in [-0.4, -0.2) is 49.2 Å². The molecule has 0 amide bonds. The van der Waals surface area contributed by atoms with Crippen LogP contribution in [0.1, 0.15) is 23.1 Å². The van der Waals surface area contributed by atoms with E-state index in [1.165, 1.54) is 16.4 Å². The number of aromatic amines is 1. The number of benzene rings is 2. The lowest BCUT2D eigenvalue weighted by atomic mass is 10.0. The molecule has 1 aliphatic heterocycles. The van der Waals surface area contributed by atoms with Gasteiger partial charge in [-0.2, -0.15) is 4.31 Å². The van der Waals surface area contributed by atoms with Gasteiger partial charge in [-0.05, 0) is 67.1 Å². The third-order valence-corrected chi connectivity index (χ3v) is 7.44. The minimum absolute atomic E-state index is 0.0448. The van der Waals surface area contributed by atoms with E-state index < -0.39 is 10.0 Å². The van der Waals surface area contributed by atoms with E-state index in [2.05, 4.69) is 4.98 Å². The lowest BCUT2D eigenvalue weighted by Gasteiger charge is -2.24. The molecule has 8 nitrogen and oxygen atoms in total. The maximum Gasteiger partial charge on any atom is 0.252 e. The lowest BCUT2D eigenvalue weighted by molar-refractivity contribution is 0.171. The number of aryl methyl sites for hydroxylation is 2. The first-order chi connectivity index (χ1) is 15.3. The second kappa shape index (κ2) is 8.93. The molecule has 1 aliphatic rings. The average molecular weight is 459 g/mol. The average Bonchev–Trinajstić information content (AvgIpc) is 2.77. The van der Waals surface area contributed by atoms with Crippen LogP contribution in [0.2, 0.25) is 0 Å². The number of fused-ring (bicyclic) bond motifs is 2. The Morgan fingerprint density at radius 3 is 2.50 bits per heavy atom. The van der Waals surface area contributed by atoms with Crippen molar-refractivity contribution in [1.82, 2.24) is 9.29 Å². The molecular formula is C23H26N2O6S. The van der Waals surface area contributed by atoms with Gasteiger partial charge in [0.15, 0.2) is 11.5 Å². The molecule has 0 bridgehead atoms. The molecular weight excluding hydrogens is 432 g/mol. The maximum absolute atomic E-state index is 13.4. The van der Waals surface area contributed by atoms with E-state index in [4.69, 9.17) is 9.47 Å². The summed E-state index contributed by atoms with van der Waals surface area (Å²) in [5.41, 5.74) is 2.84. The Bertz CT molecular complexity index is 1320. The zero-order chi connectivity index (χ0) is 22.9. The molecule has 0 saturated carbocycles. The Kier molecular flexibility index (Phi) is 6.23. The number of H-pyrrole nitrogens is 1. The largest absolute Gasteiger partial charge is 0.486 e. The van der Waals surface area contributed by atoms with Crippen molar-refractivity contribution in [1.29, 1.82) is 0 Å². The molecule has 0 atom stereocenters. The van der Waals surface area contributed by atoms with Crippen molar-refractivity contribution in [2.45, 2.75) is 31.7 Å². The van der Waals surface area contributed by atoms with Gasteiger partial charge in [0.1, 0.15) is 13.2 Å². The molecule has 2 heterocycles. The van der Waals surface area contributed by atoms with Gasteiger partial charge in [0.2, 0.25) is 10.0 Å². The zero-order valence-electron chi connectivity index (χ0n) is 18.1. The molecule has 0 fully saturated rings. The number of aliphatic hydroxyl groups is 1. The van der Waals surface area contributed by atoms with E-state index in [-0.39, 0.29) is 36.6 Å². The topological polar surface area (TPSA) is 109 Å². The Morgan fingerprint density at radius 2 is 1.75 bits per heavy atom. The summed E-state index contributed by atoms with van der Waals surface area (Å²) in [5.74, 6) is 0.863. The Balaban J connectivity index is 1.71. The number of aliphatic hydroxyl groups excluding tert-OH is 1. The van der Waals surface area contributed by atoms with Crippen molar-refractivity contribution in [3.8, 4) is 11.5 Å². The molecule has 2 aromatic carbocycles. The smallest absolute Gasteiger partial charge is 0.252 e. The number of pyridine rings is 1. The van der Waals surface area contributed by atoms with Crippen molar-refractivity contribution in [3.63, 3.8) is 0 Å². The van der Waals surface area contributed by atoms with Gasteiger partial charge in [-0.1, -0.05) is 0 Å². The summed E-state index contributed by atoms with van der Waals surface area (Å²) in [6.07, 6.45) is 0.244. The predicted octanol–water partition coefficient (Wildman–Crippen LogP) is 2.49. The van der Waals surface area contributed by atoms with Crippen LogP contribution >= 0.6 is 0 Å². The van der Waals surface area contributed by atoms with Gasteiger partial charge in [0.25, 0.3) is 5.56 Å². The lowest BCUT2D eigenvalue weighted by Crippen LogP contribution is -2.34. The van der Waals surface area contributed by atoms with Crippen LogP contribution in [0.3, 0.4) is 0 Å². The van der Waals surface area contributed by atoms with E-state index in [1.54, 1.807) is 12.1 Å². The molecule has 0 unspecified atom stereocenters. The summed E-state index contributed by atoms with van der Waals surface area (Å²) in [6, 6.07) is 10.1. The summed E-state index contributed by atoms with van der Waals surface area (Å²) in [5, 5.41) is 10.1. The van der Waals surface area contributed by atoms with Crippen molar-refractivity contribution in [2.24, 2.45) is 0 Å². The molecule has 170 valence electrons. The van der Waals surface area contributed by atoms with E-state index >= 15 is 0 Å². The molecule has 2 N–H and O–H groups in total. The molecule has 0 spiro atoms. The van der Waals surface area contributed by atoms with Crippen molar-refractivity contribution < 1.29 is 23.0 Å². The first kappa shape index (κ1) is 22.3. The summed E-state index contributed by atoms with van der Waals surface area (Å²) in [6.45, 7) is 4.49. The maximum atomic E-state index is 13.4. The number of sulfonamides is 1. The van der Waals surface area contributed by atoms with Crippen LogP contribution in [0, 0.1) is 13.8 Å². The van der Waals surface area contributed by atoms with Gasteiger partial charge in [-0.3, -0.25) is 4.79 Å². The number of nitrogens with zero attached hydrogens (tertiary/aromatic N) is 1. The summed E-state index contributed by atoms with van der Waals surface area (Å²) in [4.78, 5) is 15.6. The van der Waals surface area contributed by atoms with Gasteiger partial charge >= 0.3 is 0 Å². The fourth-order valence-corrected chi connectivity index (χ4v) is 5.17. The molecule has 32 heavy (non-hydrogen) atoms. The second-order valence-electron chi connectivity index (χ2n) is 7.87. The van der Waals surface area contributed by atoms with E-state index in [1.807, 2.05) is 26.0 Å². The molecule has 9 heteroatoms. The number of rotatable bonds is 7. The fourth-order valence-electron chi connectivity index (χ4n) is 3.69. The first-order valence-corrected chi connectivity index (χ1v) is 11.9. The highest BCUT2D eigenvalue weighted by molar-refractivity contribution is 7.89. The van der Waals surface area contributed by atoms with E-state index in [0.29, 0.717) is 35.8 Å². The Hall–Kier alpha value is -2.88. The highest BCUT2D eigenvalue weighted by atomic mass is 32.2. The summed E-state index contributed by atoms with van der Waals surface area (Å²) >= 11 is 0. The number of hydrogen-bond acceptors (Lipinski definition) is 6. The van der Waals surface area contributed by atoms with Crippen LogP contribution in [0.15, 0.2) is 46.1 Å². The predicted molar refractivity (Wildman–Crippen MR) is 121 cm³/mol. The molecule has 4 rings (SSSR count). The third kappa shape index (κ3) is 4.36. The van der Waals surface area contributed by atoms with Crippen molar-refractivity contribution in [2.75, 3.05) is 26.4 Å². The summed E-state index contributed by atoms with van der Waals surface area (Å²) in [7, 11) is -3.96. The molecule has 1 aromatic heterocycles. The molecule has 0 radical (unpaired) electrons. The second-order valence-corrected chi connectivity index (χ2v) is 9.81. The fraction of sp³-hybridized carbons (Fsp3) is 0.348. The number of aromatic nitrogens is 1. The van der Waals surface area contributed by atoms with Crippen molar-refractivity contribution >= 4 is 20.9 Å². The Labute approximate surface area is 186 Å². The van der Waals surface area contributed by atoms with Crippen LogP contribution < -0.4 is 15.0 Å². The van der Waals surface area contributed by atoms with Gasteiger partial charge in [0.05, 0.1) is 4.90 Å². The minimum Gasteiger partial charge on any atom is -0.486 e. The van der Waals surface area contributed by atoms with Crippen LogP contribution in [0.4, 0.5) is 0 Å². The van der Waals surface area contributed by atoms with Crippen LogP contribution in [0.5, 0.6) is 11.5 Å². The zero-order valence-corrected chi connectivity index (χ0v) is 18.9. The van der Waals surface area contributed by atoms with Gasteiger partial charge < -0.3 is 19.6 Å². The highest BCUT2D eigenvalue weighted by Crippen LogP contribution is 2.33. The normalized spacial score (nSPS) is 13.6. The quantitative estimate of drug-likeness (QED) is 0.563. The van der Waals surface area contributed by atoms with Crippen molar-refractivity contribution in [3.05, 3.63) is 63.4 Å². The first-order valence-electron chi connectivity index (χ1n) is 10.4. The molecule has 0 saturated heterocycles. The number of nitrogens with one attached hydrogen (secondary N) is 1. The van der Waals surface area contributed by atoms with Crippen LogP contribution in [-0.2, 0) is 16.6 Å². The highest BCUT2D eigenvalue weighted by Gasteiger charge is 2.27. The minimum atomic E-state index is -3.96.